The number of nitrogens with one attached hydrogen (secondary N) is 1. The van der Waals surface area contributed by atoms with E-state index >= 15 is 0 Å². The maximum absolute atomic E-state index is 11.6. The second-order valence-electron chi connectivity index (χ2n) is 3.92. The van der Waals surface area contributed by atoms with Crippen molar-refractivity contribution in [3.05, 3.63) is 30.1 Å². The molecule has 16 heavy (non-hydrogen) atoms. The van der Waals surface area contributed by atoms with Gasteiger partial charge in [0.1, 0.15) is 11.3 Å². The summed E-state index contributed by atoms with van der Waals surface area (Å²) in [6, 6.07) is 5.12. The highest BCUT2D eigenvalue weighted by Crippen LogP contribution is 2.16. The van der Waals surface area contributed by atoms with Gasteiger partial charge < -0.3 is 15.2 Å². The van der Waals surface area contributed by atoms with Gasteiger partial charge in [0.15, 0.2) is 0 Å². The molecular weight excluding hydrogens is 208 g/mol. The van der Waals surface area contributed by atoms with Gasteiger partial charge in [0, 0.05) is 25.8 Å². The fourth-order valence-corrected chi connectivity index (χ4v) is 1.57. The van der Waals surface area contributed by atoms with Crippen molar-refractivity contribution in [1.82, 2.24) is 10.3 Å². The molecule has 5 heteroatoms. The molecule has 1 atom stereocenters. The molecule has 0 radical (unpaired) electrons. The number of nitrogens with zero attached hydrogens (tertiary/aromatic N) is 1. The van der Waals surface area contributed by atoms with Gasteiger partial charge in [0.05, 0.1) is 6.61 Å². The van der Waals surface area contributed by atoms with Crippen LogP contribution in [0.3, 0.4) is 0 Å². The summed E-state index contributed by atoms with van der Waals surface area (Å²) in [6.07, 6.45) is 2.11. The molecule has 1 saturated heterocycles. The van der Waals surface area contributed by atoms with Crippen LogP contribution in [0.5, 0.6) is 0 Å². The lowest BCUT2D eigenvalue weighted by molar-refractivity contribution is 0.0264. The molecule has 2 rings (SSSR count). The van der Waals surface area contributed by atoms with Gasteiger partial charge in [-0.25, -0.2) is 0 Å². The monoisotopic (exact) mass is 222 g/mol. The number of hydrogen-bond donors (Lipinski definition) is 2. The van der Waals surface area contributed by atoms with Crippen LogP contribution in [0.25, 0.3) is 0 Å². The Kier molecular flexibility index (Phi) is 3.17. The van der Waals surface area contributed by atoms with E-state index in [-0.39, 0.29) is 19.1 Å². The predicted molar refractivity (Wildman–Crippen MR) is 57.0 cm³/mol. The Morgan fingerprint density at radius 1 is 1.62 bits per heavy atom. The Balaban J connectivity index is 1.89. The van der Waals surface area contributed by atoms with Crippen molar-refractivity contribution in [2.75, 3.05) is 19.8 Å². The van der Waals surface area contributed by atoms with E-state index in [1.54, 1.807) is 24.4 Å². The first kappa shape index (κ1) is 11.0. The third-order valence-corrected chi connectivity index (χ3v) is 2.56. The summed E-state index contributed by atoms with van der Waals surface area (Å²) in [5, 5.41) is 12.6. The summed E-state index contributed by atoms with van der Waals surface area (Å²) in [5.41, 5.74) is -0.574. The average Bonchev–Trinajstić information content (AvgIpc) is 2.75. The average molecular weight is 222 g/mol. The molecule has 1 aliphatic rings. The van der Waals surface area contributed by atoms with Gasteiger partial charge in [-0.3, -0.25) is 9.78 Å². The number of ether oxygens (including phenoxy) is 1. The van der Waals surface area contributed by atoms with E-state index in [9.17, 15) is 9.90 Å². The zero-order chi connectivity index (χ0) is 11.4. The standard InChI is InChI=1S/C11H14N2O3/c14-10(9-3-1-2-5-12-9)13-7-11(15)4-6-16-8-11/h1-3,5,15H,4,6-8H2,(H,13,14). The minimum absolute atomic E-state index is 0.197. The van der Waals surface area contributed by atoms with Gasteiger partial charge in [-0.2, -0.15) is 0 Å². The van der Waals surface area contributed by atoms with Crippen LogP contribution in [-0.4, -0.2) is 41.4 Å². The highest BCUT2D eigenvalue weighted by Gasteiger charge is 2.32. The first-order chi connectivity index (χ1) is 7.70. The lowest BCUT2D eigenvalue weighted by Gasteiger charge is -2.20. The van der Waals surface area contributed by atoms with Crippen LogP contribution in [0.15, 0.2) is 24.4 Å². The largest absolute Gasteiger partial charge is 0.386 e. The summed E-state index contributed by atoms with van der Waals surface area (Å²) >= 11 is 0. The number of rotatable bonds is 3. The van der Waals surface area contributed by atoms with Crippen LogP contribution in [-0.2, 0) is 4.74 Å². The molecular formula is C11H14N2O3. The van der Waals surface area contributed by atoms with Gasteiger partial charge in [-0.05, 0) is 12.1 Å². The molecule has 1 aromatic heterocycles. The molecule has 2 heterocycles. The van der Waals surface area contributed by atoms with Gasteiger partial charge in [0.2, 0.25) is 0 Å². The Labute approximate surface area is 93.5 Å². The van der Waals surface area contributed by atoms with E-state index in [0.717, 1.165) is 0 Å². The molecule has 1 aromatic rings. The van der Waals surface area contributed by atoms with Gasteiger partial charge >= 0.3 is 0 Å². The number of hydrogen-bond acceptors (Lipinski definition) is 4. The molecule has 0 spiro atoms. The number of carbonyl (C=O) groups is 1. The molecule has 1 aliphatic heterocycles. The molecule has 1 unspecified atom stereocenters. The van der Waals surface area contributed by atoms with E-state index in [4.69, 9.17) is 4.74 Å². The van der Waals surface area contributed by atoms with Crippen LogP contribution < -0.4 is 5.32 Å². The maximum atomic E-state index is 11.6. The van der Waals surface area contributed by atoms with Crippen LogP contribution in [0, 0.1) is 0 Å². The van der Waals surface area contributed by atoms with E-state index < -0.39 is 5.60 Å². The third-order valence-electron chi connectivity index (χ3n) is 2.56. The van der Waals surface area contributed by atoms with E-state index in [1.165, 1.54) is 0 Å². The molecule has 0 aromatic carbocycles. The van der Waals surface area contributed by atoms with Gasteiger partial charge in [0.25, 0.3) is 5.91 Å². The molecule has 0 bridgehead atoms. The smallest absolute Gasteiger partial charge is 0.269 e. The quantitative estimate of drug-likeness (QED) is 0.753. The summed E-state index contributed by atoms with van der Waals surface area (Å²) in [4.78, 5) is 15.5. The Morgan fingerprint density at radius 3 is 3.12 bits per heavy atom. The van der Waals surface area contributed by atoms with Crippen molar-refractivity contribution < 1.29 is 14.6 Å². The number of pyridine rings is 1. The Hall–Kier alpha value is -1.46. The summed E-state index contributed by atoms with van der Waals surface area (Å²) in [5.74, 6) is -0.277. The van der Waals surface area contributed by atoms with Gasteiger partial charge in [-0.1, -0.05) is 6.07 Å². The van der Waals surface area contributed by atoms with Crippen molar-refractivity contribution in [2.45, 2.75) is 12.0 Å². The van der Waals surface area contributed by atoms with Crippen molar-refractivity contribution in [1.29, 1.82) is 0 Å². The van der Waals surface area contributed by atoms with Gasteiger partial charge in [-0.15, -0.1) is 0 Å². The van der Waals surface area contributed by atoms with Crippen molar-refractivity contribution in [3.63, 3.8) is 0 Å². The minimum Gasteiger partial charge on any atom is -0.386 e. The highest BCUT2D eigenvalue weighted by molar-refractivity contribution is 5.92. The topological polar surface area (TPSA) is 71.5 Å². The third kappa shape index (κ3) is 2.56. The van der Waals surface area contributed by atoms with Crippen molar-refractivity contribution >= 4 is 5.91 Å². The molecule has 0 saturated carbocycles. The zero-order valence-electron chi connectivity index (χ0n) is 8.85. The molecule has 2 N–H and O–H groups in total. The summed E-state index contributed by atoms with van der Waals surface area (Å²) in [6.45, 7) is 1.01. The Bertz CT molecular complexity index is 361. The minimum atomic E-state index is -0.926. The SMILES string of the molecule is O=C(NCC1(O)CCOC1)c1ccccn1. The van der Waals surface area contributed by atoms with E-state index in [1.807, 2.05) is 0 Å². The first-order valence-electron chi connectivity index (χ1n) is 5.19. The summed E-state index contributed by atoms with van der Waals surface area (Å²) < 4.78 is 5.08. The fraction of sp³-hybridized carbons (Fsp3) is 0.455. The van der Waals surface area contributed by atoms with Crippen molar-refractivity contribution in [2.24, 2.45) is 0 Å². The zero-order valence-corrected chi connectivity index (χ0v) is 8.85. The van der Waals surface area contributed by atoms with E-state index in [2.05, 4.69) is 10.3 Å². The van der Waals surface area contributed by atoms with Crippen LogP contribution >= 0.6 is 0 Å². The molecule has 86 valence electrons. The van der Waals surface area contributed by atoms with E-state index in [0.29, 0.717) is 18.7 Å². The second kappa shape index (κ2) is 4.59. The van der Waals surface area contributed by atoms with Crippen LogP contribution in [0.2, 0.25) is 0 Å². The summed E-state index contributed by atoms with van der Waals surface area (Å²) in [7, 11) is 0. The number of carbonyl (C=O) groups excluding carboxylic acids is 1. The second-order valence-corrected chi connectivity index (χ2v) is 3.92. The number of amides is 1. The predicted octanol–water partition coefficient (Wildman–Crippen LogP) is -0.0372. The number of aromatic nitrogens is 1. The molecule has 1 fully saturated rings. The number of aliphatic hydroxyl groups is 1. The fourth-order valence-electron chi connectivity index (χ4n) is 1.57. The Morgan fingerprint density at radius 2 is 2.50 bits per heavy atom. The molecule has 5 nitrogen and oxygen atoms in total. The van der Waals surface area contributed by atoms with Crippen LogP contribution in [0.4, 0.5) is 0 Å². The molecule has 0 aliphatic carbocycles. The highest BCUT2D eigenvalue weighted by atomic mass is 16.5. The lowest BCUT2D eigenvalue weighted by Crippen LogP contribution is -2.43. The lowest BCUT2D eigenvalue weighted by atomic mass is 10.0. The normalized spacial score (nSPS) is 24.3. The first-order valence-corrected chi connectivity index (χ1v) is 5.19. The maximum Gasteiger partial charge on any atom is 0.269 e. The van der Waals surface area contributed by atoms with Crippen molar-refractivity contribution in [3.8, 4) is 0 Å². The van der Waals surface area contributed by atoms with Crippen LogP contribution in [0.1, 0.15) is 16.9 Å². The molecule has 1 amide bonds.